The predicted molar refractivity (Wildman–Crippen MR) is 88.1 cm³/mol. The largest absolute Gasteiger partial charge is 0.486 e. The molecule has 0 fully saturated rings. The highest BCUT2D eigenvalue weighted by Crippen LogP contribution is 2.31. The van der Waals surface area contributed by atoms with E-state index in [1.165, 1.54) is 24.2 Å². The molecule has 0 radical (unpaired) electrons. The lowest BCUT2D eigenvalue weighted by Gasteiger charge is -2.24. The highest BCUT2D eigenvalue weighted by molar-refractivity contribution is 5.43. The Bertz CT molecular complexity index is 696. The lowest BCUT2D eigenvalue weighted by molar-refractivity contribution is 0.171. The van der Waals surface area contributed by atoms with Gasteiger partial charge >= 0.3 is 0 Å². The van der Waals surface area contributed by atoms with Crippen LogP contribution in [0.25, 0.3) is 0 Å². The van der Waals surface area contributed by atoms with Gasteiger partial charge in [0.05, 0.1) is 5.69 Å². The van der Waals surface area contributed by atoms with Gasteiger partial charge in [-0.1, -0.05) is 6.07 Å². The number of imidazole rings is 1. The fourth-order valence-corrected chi connectivity index (χ4v) is 3.49. The number of fused-ring (bicyclic) bond motifs is 2. The molecule has 4 rings (SSSR count). The van der Waals surface area contributed by atoms with E-state index in [1.807, 2.05) is 6.07 Å². The van der Waals surface area contributed by atoms with Gasteiger partial charge in [-0.15, -0.1) is 0 Å². The zero-order valence-corrected chi connectivity index (χ0v) is 13.5. The van der Waals surface area contributed by atoms with Crippen LogP contribution >= 0.6 is 0 Å². The summed E-state index contributed by atoms with van der Waals surface area (Å²) in [5, 5.41) is 3.58. The highest BCUT2D eigenvalue weighted by atomic mass is 16.6. The van der Waals surface area contributed by atoms with E-state index in [-0.39, 0.29) is 0 Å². The van der Waals surface area contributed by atoms with Gasteiger partial charge in [0.15, 0.2) is 11.5 Å². The molecule has 2 aliphatic rings. The first kappa shape index (κ1) is 14.6. The van der Waals surface area contributed by atoms with Gasteiger partial charge in [-0.25, -0.2) is 4.98 Å². The molecule has 0 aliphatic carbocycles. The second-order valence-electron chi connectivity index (χ2n) is 6.38. The summed E-state index contributed by atoms with van der Waals surface area (Å²) in [5.74, 6) is 3.46. The number of nitrogens with zero attached hydrogens (tertiary/aromatic N) is 2. The maximum atomic E-state index is 5.64. The molecule has 0 bridgehead atoms. The third kappa shape index (κ3) is 3.06. The van der Waals surface area contributed by atoms with E-state index in [9.17, 15) is 0 Å². The average Bonchev–Trinajstić information content (AvgIpc) is 2.96. The maximum Gasteiger partial charge on any atom is 0.161 e. The molecule has 2 aliphatic heterocycles. The van der Waals surface area contributed by atoms with Gasteiger partial charge in [-0.05, 0) is 37.5 Å². The molecule has 3 heterocycles. The highest BCUT2D eigenvalue weighted by Gasteiger charge is 2.22. The number of rotatable bonds is 4. The molecule has 122 valence electrons. The second kappa shape index (κ2) is 6.24. The standard InChI is InChI=1S/C18H23N3O2/c1-13-12-21-6-2-3-15(18(21)20-13)11-19-10-14-4-5-16-17(9-14)23-8-7-22-16/h4-5,9,12,15,19H,2-3,6-8,10-11H2,1H3/t15-/m0/s1. The Kier molecular flexibility index (Phi) is 3.95. The molecule has 1 aromatic heterocycles. The van der Waals surface area contributed by atoms with Crippen LogP contribution in [0, 0.1) is 6.92 Å². The van der Waals surface area contributed by atoms with Crippen molar-refractivity contribution in [2.75, 3.05) is 19.8 Å². The summed E-state index contributed by atoms with van der Waals surface area (Å²) >= 11 is 0. The van der Waals surface area contributed by atoms with Gasteiger partial charge in [0, 0.05) is 31.7 Å². The van der Waals surface area contributed by atoms with E-state index < -0.39 is 0 Å². The molecule has 0 unspecified atom stereocenters. The molecule has 0 saturated carbocycles. The first-order valence-corrected chi connectivity index (χ1v) is 8.42. The minimum Gasteiger partial charge on any atom is -0.486 e. The topological polar surface area (TPSA) is 48.3 Å². The number of aromatic nitrogens is 2. The fraction of sp³-hybridized carbons (Fsp3) is 0.500. The molecule has 1 aromatic carbocycles. The van der Waals surface area contributed by atoms with Crippen LogP contribution in [0.5, 0.6) is 11.5 Å². The van der Waals surface area contributed by atoms with Gasteiger partial charge in [-0.2, -0.15) is 0 Å². The van der Waals surface area contributed by atoms with E-state index in [2.05, 4.69) is 35.1 Å². The Morgan fingerprint density at radius 3 is 3.04 bits per heavy atom. The zero-order chi connectivity index (χ0) is 15.6. The van der Waals surface area contributed by atoms with E-state index in [0.717, 1.165) is 36.8 Å². The van der Waals surface area contributed by atoms with Gasteiger partial charge in [-0.3, -0.25) is 0 Å². The zero-order valence-electron chi connectivity index (χ0n) is 13.5. The van der Waals surface area contributed by atoms with Crippen molar-refractivity contribution in [2.45, 2.75) is 38.8 Å². The second-order valence-corrected chi connectivity index (χ2v) is 6.38. The third-order valence-corrected chi connectivity index (χ3v) is 4.57. The summed E-state index contributed by atoms with van der Waals surface area (Å²) in [6, 6.07) is 6.18. The number of ether oxygens (including phenoxy) is 2. The monoisotopic (exact) mass is 313 g/mol. The lowest BCUT2D eigenvalue weighted by atomic mass is 9.99. The SMILES string of the molecule is Cc1cn2c(n1)[C@H](CNCc1ccc3c(c1)OCCO3)CCC2. The van der Waals surface area contributed by atoms with Crippen molar-refractivity contribution in [3.63, 3.8) is 0 Å². The summed E-state index contributed by atoms with van der Waals surface area (Å²) in [5.41, 5.74) is 2.35. The number of hydrogen-bond donors (Lipinski definition) is 1. The van der Waals surface area contributed by atoms with Gasteiger partial charge < -0.3 is 19.4 Å². The Morgan fingerprint density at radius 2 is 2.13 bits per heavy atom. The first-order chi connectivity index (χ1) is 11.3. The van der Waals surface area contributed by atoms with Crippen molar-refractivity contribution in [3.8, 4) is 11.5 Å². The van der Waals surface area contributed by atoms with Crippen LogP contribution in [0.2, 0.25) is 0 Å². The first-order valence-electron chi connectivity index (χ1n) is 8.42. The molecule has 0 saturated heterocycles. The van der Waals surface area contributed by atoms with Gasteiger partial charge in [0.2, 0.25) is 0 Å². The van der Waals surface area contributed by atoms with Crippen LogP contribution in [0.3, 0.4) is 0 Å². The van der Waals surface area contributed by atoms with Gasteiger partial charge in [0.1, 0.15) is 19.0 Å². The quantitative estimate of drug-likeness (QED) is 0.943. The number of nitrogens with one attached hydrogen (secondary N) is 1. The van der Waals surface area contributed by atoms with Crippen LogP contribution < -0.4 is 14.8 Å². The van der Waals surface area contributed by atoms with E-state index in [4.69, 9.17) is 14.5 Å². The Hall–Kier alpha value is -2.01. The normalized spacial score (nSPS) is 19.4. The predicted octanol–water partition coefficient (Wildman–Crippen LogP) is 2.63. The summed E-state index contributed by atoms with van der Waals surface area (Å²) < 4.78 is 13.5. The molecule has 23 heavy (non-hydrogen) atoms. The van der Waals surface area contributed by atoms with Crippen molar-refractivity contribution in [3.05, 3.63) is 41.5 Å². The van der Waals surface area contributed by atoms with Crippen LogP contribution in [-0.4, -0.2) is 29.3 Å². The molecular weight excluding hydrogens is 290 g/mol. The van der Waals surface area contributed by atoms with Crippen LogP contribution in [0.4, 0.5) is 0 Å². The van der Waals surface area contributed by atoms with Gasteiger partial charge in [0.25, 0.3) is 0 Å². The van der Waals surface area contributed by atoms with Crippen LogP contribution in [-0.2, 0) is 13.1 Å². The smallest absolute Gasteiger partial charge is 0.161 e. The minimum atomic E-state index is 0.509. The minimum absolute atomic E-state index is 0.509. The molecule has 5 heteroatoms. The van der Waals surface area contributed by atoms with Crippen molar-refractivity contribution in [2.24, 2.45) is 0 Å². The molecule has 1 atom stereocenters. The van der Waals surface area contributed by atoms with Crippen LogP contribution in [0.1, 0.15) is 35.8 Å². The molecule has 2 aromatic rings. The molecular formula is C18H23N3O2. The lowest BCUT2D eigenvalue weighted by Crippen LogP contribution is -2.26. The van der Waals surface area contributed by atoms with E-state index in [1.54, 1.807) is 0 Å². The van der Waals surface area contributed by atoms with Crippen molar-refractivity contribution in [1.29, 1.82) is 0 Å². The van der Waals surface area contributed by atoms with Crippen molar-refractivity contribution >= 4 is 0 Å². The Balaban J connectivity index is 1.37. The van der Waals surface area contributed by atoms with E-state index in [0.29, 0.717) is 19.1 Å². The molecule has 5 nitrogen and oxygen atoms in total. The molecule has 0 spiro atoms. The summed E-state index contributed by atoms with van der Waals surface area (Å²) in [6.45, 7) is 6.25. The fourth-order valence-electron chi connectivity index (χ4n) is 3.49. The average molecular weight is 313 g/mol. The maximum absolute atomic E-state index is 5.64. The molecule has 0 amide bonds. The van der Waals surface area contributed by atoms with Crippen LogP contribution in [0.15, 0.2) is 24.4 Å². The summed E-state index contributed by atoms with van der Waals surface area (Å²) in [7, 11) is 0. The Morgan fingerprint density at radius 1 is 1.26 bits per heavy atom. The number of aryl methyl sites for hydroxylation is 2. The number of hydrogen-bond acceptors (Lipinski definition) is 4. The summed E-state index contributed by atoms with van der Waals surface area (Å²) in [6.07, 6.45) is 4.62. The molecule has 1 N–H and O–H groups in total. The Labute approximate surface area is 136 Å². The van der Waals surface area contributed by atoms with Crippen molar-refractivity contribution in [1.82, 2.24) is 14.9 Å². The van der Waals surface area contributed by atoms with E-state index >= 15 is 0 Å². The number of benzene rings is 1. The van der Waals surface area contributed by atoms with Crippen molar-refractivity contribution < 1.29 is 9.47 Å². The third-order valence-electron chi connectivity index (χ3n) is 4.57. The summed E-state index contributed by atoms with van der Waals surface area (Å²) in [4.78, 5) is 4.70.